The summed E-state index contributed by atoms with van der Waals surface area (Å²) in [6, 6.07) is 1.80. The van der Waals surface area contributed by atoms with Gasteiger partial charge in [0.1, 0.15) is 6.07 Å². The van der Waals surface area contributed by atoms with Crippen molar-refractivity contribution in [3.05, 3.63) is 17.8 Å². The van der Waals surface area contributed by atoms with Crippen LogP contribution in [0.25, 0.3) is 0 Å². The molecule has 0 atom stereocenters. The van der Waals surface area contributed by atoms with Gasteiger partial charge in [0.15, 0.2) is 0 Å². The zero-order valence-electron chi connectivity index (χ0n) is 4.66. The number of nitrogens with zero attached hydrogens (tertiary/aromatic N) is 2. The minimum absolute atomic E-state index is 0.204. The van der Waals surface area contributed by atoms with Gasteiger partial charge in [0, 0.05) is 0 Å². The maximum atomic E-state index is 8.22. The van der Waals surface area contributed by atoms with E-state index in [4.69, 9.17) is 15.4 Å². The van der Waals surface area contributed by atoms with Crippen LogP contribution >= 0.6 is 0 Å². The van der Waals surface area contributed by atoms with Gasteiger partial charge in [0.05, 0.1) is 12.7 Å². The summed E-state index contributed by atoms with van der Waals surface area (Å²) in [5.41, 5.74) is 5.15. The van der Waals surface area contributed by atoms with Crippen molar-refractivity contribution in [2.45, 2.75) is 6.54 Å². The maximum Gasteiger partial charge on any atom is 0.224 e. The highest BCUT2D eigenvalue weighted by molar-refractivity contribution is 5.11. The van der Waals surface area contributed by atoms with Crippen LogP contribution in [0.4, 0.5) is 0 Å². The summed E-state index contributed by atoms with van der Waals surface area (Å²) in [6.07, 6.45) is 1.35. The fourth-order valence-corrected chi connectivity index (χ4v) is 0.456. The lowest BCUT2D eigenvalue weighted by atomic mass is 10.6. The zero-order valence-corrected chi connectivity index (χ0v) is 4.66. The fourth-order valence-electron chi connectivity index (χ4n) is 0.456. The first-order valence-electron chi connectivity index (χ1n) is 2.41. The van der Waals surface area contributed by atoms with Gasteiger partial charge in [0.25, 0.3) is 0 Å². The molecule has 0 aromatic carbocycles. The SMILES string of the molecule is N#Cc1cnc(CN)o1. The van der Waals surface area contributed by atoms with E-state index in [1.54, 1.807) is 6.07 Å². The molecule has 0 unspecified atom stereocenters. The van der Waals surface area contributed by atoms with E-state index in [1.165, 1.54) is 6.20 Å². The zero-order chi connectivity index (χ0) is 6.69. The molecule has 4 nitrogen and oxygen atoms in total. The molecule has 1 aromatic rings. The van der Waals surface area contributed by atoms with Crippen LogP contribution in [0.1, 0.15) is 11.7 Å². The Morgan fingerprint density at radius 3 is 3.00 bits per heavy atom. The number of nitriles is 1. The van der Waals surface area contributed by atoms with Crippen molar-refractivity contribution in [3.63, 3.8) is 0 Å². The van der Waals surface area contributed by atoms with E-state index in [9.17, 15) is 0 Å². The summed E-state index contributed by atoms with van der Waals surface area (Å²) in [5.74, 6) is 0.599. The Morgan fingerprint density at radius 1 is 1.89 bits per heavy atom. The lowest BCUT2D eigenvalue weighted by molar-refractivity contribution is 0.487. The number of aromatic nitrogens is 1. The van der Waals surface area contributed by atoms with E-state index in [1.807, 2.05) is 0 Å². The van der Waals surface area contributed by atoms with E-state index in [-0.39, 0.29) is 12.3 Å². The first kappa shape index (κ1) is 5.79. The highest BCUT2D eigenvalue weighted by Gasteiger charge is 1.97. The molecule has 4 heteroatoms. The number of rotatable bonds is 1. The molecule has 0 saturated heterocycles. The van der Waals surface area contributed by atoms with Crippen LogP contribution in [0.15, 0.2) is 10.6 Å². The van der Waals surface area contributed by atoms with Gasteiger partial charge in [-0.25, -0.2) is 4.98 Å². The molecule has 2 N–H and O–H groups in total. The predicted octanol–water partition coefficient (Wildman–Crippen LogP) is 0.00498. The predicted molar refractivity (Wildman–Crippen MR) is 29.1 cm³/mol. The summed E-state index contributed by atoms with van der Waals surface area (Å²) < 4.78 is 4.78. The van der Waals surface area contributed by atoms with Crippen LogP contribution in [0.3, 0.4) is 0 Å². The monoisotopic (exact) mass is 123 g/mol. The molecule has 0 aliphatic heterocycles. The lowest BCUT2D eigenvalue weighted by Crippen LogP contribution is -1.94. The van der Waals surface area contributed by atoms with Gasteiger partial charge in [-0.2, -0.15) is 5.26 Å². The molecule has 0 fully saturated rings. The first-order chi connectivity index (χ1) is 4.36. The van der Waals surface area contributed by atoms with E-state index < -0.39 is 0 Å². The summed E-state index contributed by atoms with van der Waals surface area (Å²) >= 11 is 0. The van der Waals surface area contributed by atoms with Gasteiger partial charge >= 0.3 is 0 Å². The average molecular weight is 123 g/mol. The Kier molecular flexibility index (Phi) is 1.47. The highest BCUT2D eigenvalue weighted by atomic mass is 16.4. The van der Waals surface area contributed by atoms with Crippen molar-refractivity contribution in [1.82, 2.24) is 4.98 Å². The number of hydrogen-bond acceptors (Lipinski definition) is 4. The first-order valence-corrected chi connectivity index (χ1v) is 2.41. The molecule has 0 saturated carbocycles. The van der Waals surface area contributed by atoms with Crippen LogP contribution in [-0.2, 0) is 6.54 Å². The van der Waals surface area contributed by atoms with E-state index in [0.29, 0.717) is 5.89 Å². The molecule has 1 heterocycles. The van der Waals surface area contributed by atoms with Crippen molar-refractivity contribution < 1.29 is 4.42 Å². The summed E-state index contributed by atoms with van der Waals surface area (Å²) in [7, 11) is 0. The molecular weight excluding hydrogens is 118 g/mol. The van der Waals surface area contributed by atoms with Crippen molar-refractivity contribution in [1.29, 1.82) is 5.26 Å². The van der Waals surface area contributed by atoms with Crippen molar-refractivity contribution >= 4 is 0 Å². The standard InChI is InChI=1S/C5H5N3O/c6-1-4-3-8-5(2-7)9-4/h3H,2,7H2. The van der Waals surface area contributed by atoms with Crippen molar-refractivity contribution in [3.8, 4) is 6.07 Å². The molecule has 9 heavy (non-hydrogen) atoms. The van der Waals surface area contributed by atoms with Crippen LogP contribution in [0, 0.1) is 11.3 Å². The Morgan fingerprint density at radius 2 is 2.67 bits per heavy atom. The van der Waals surface area contributed by atoms with Gasteiger partial charge < -0.3 is 10.2 Å². The van der Waals surface area contributed by atoms with Crippen LogP contribution < -0.4 is 5.73 Å². The second-order valence-corrected chi connectivity index (χ2v) is 1.43. The fraction of sp³-hybridized carbons (Fsp3) is 0.200. The Bertz CT molecular complexity index is 235. The summed E-state index contributed by atoms with van der Waals surface area (Å²) in [6.45, 7) is 0.238. The van der Waals surface area contributed by atoms with Crippen LogP contribution in [-0.4, -0.2) is 4.98 Å². The molecule has 46 valence electrons. The van der Waals surface area contributed by atoms with Gasteiger partial charge in [-0.1, -0.05) is 0 Å². The summed E-state index contributed by atoms with van der Waals surface area (Å²) in [5, 5.41) is 8.22. The highest BCUT2D eigenvalue weighted by Crippen LogP contribution is 1.99. The third-order valence-corrected chi connectivity index (χ3v) is 0.838. The molecule has 0 aliphatic carbocycles. The van der Waals surface area contributed by atoms with E-state index >= 15 is 0 Å². The quantitative estimate of drug-likeness (QED) is 0.570. The van der Waals surface area contributed by atoms with E-state index in [2.05, 4.69) is 4.98 Å². The van der Waals surface area contributed by atoms with Crippen molar-refractivity contribution in [2.75, 3.05) is 0 Å². The third kappa shape index (κ3) is 1.06. The molecule has 0 bridgehead atoms. The third-order valence-electron chi connectivity index (χ3n) is 0.838. The minimum atomic E-state index is 0.204. The average Bonchev–Trinajstić information content (AvgIpc) is 2.34. The molecular formula is C5H5N3O. The molecule has 0 aliphatic rings. The second-order valence-electron chi connectivity index (χ2n) is 1.43. The van der Waals surface area contributed by atoms with Crippen molar-refractivity contribution in [2.24, 2.45) is 5.73 Å². The molecule has 1 rings (SSSR count). The molecule has 0 radical (unpaired) electrons. The van der Waals surface area contributed by atoms with Gasteiger partial charge in [-0.3, -0.25) is 0 Å². The number of hydrogen-bond donors (Lipinski definition) is 1. The maximum absolute atomic E-state index is 8.22. The minimum Gasteiger partial charge on any atom is -0.429 e. The van der Waals surface area contributed by atoms with Gasteiger partial charge in [0.2, 0.25) is 11.7 Å². The smallest absolute Gasteiger partial charge is 0.224 e. The van der Waals surface area contributed by atoms with Gasteiger partial charge in [-0.15, -0.1) is 0 Å². The Hall–Kier alpha value is -1.34. The largest absolute Gasteiger partial charge is 0.429 e. The van der Waals surface area contributed by atoms with E-state index in [0.717, 1.165) is 0 Å². The molecule has 0 spiro atoms. The number of nitrogens with two attached hydrogens (primary N) is 1. The Labute approximate surface area is 51.9 Å². The second kappa shape index (κ2) is 2.29. The normalized spacial score (nSPS) is 8.89. The van der Waals surface area contributed by atoms with Crippen LogP contribution in [0.5, 0.6) is 0 Å². The topological polar surface area (TPSA) is 75.8 Å². The number of oxazole rings is 1. The molecule has 0 amide bonds. The summed E-state index contributed by atoms with van der Waals surface area (Å²) in [4.78, 5) is 3.69. The van der Waals surface area contributed by atoms with Gasteiger partial charge in [-0.05, 0) is 0 Å². The lowest BCUT2D eigenvalue weighted by Gasteiger charge is -1.79. The van der Waals surface area contributed by atoms with Crippen LogP contribution in [0.2, 0.25) is 0 Å². The Balaban J connectivity index is 2.90. The molecule has 1 aromatic heterocycles.